The lowest BCUT2D eigenvalue weighted by atomic mass is 9.89. The lowest BCUT2D eigenvalue weighted by Crippen LogP contribution is -2.41. The van der Waals surface area contributed by atoms with Crippen molar-refractivity contribution >= 4 is 28.3 Å². The first-order valence-electron chi connectivity index (χ1n) is 9.54. The Hall–Kier alpha value is -2.02. The van der Waals surface area contributed by atoms with E-state index in [0.717, 1.165) is 43.3 Å². The van der Waals surface area contributed by atoms with Gasteiger partial charge in [0, 0.05) is 30.4 Å². The van der Waals surface area contributed by atoms with Crippen LogP contribution < -0.4 is 10.2 Å². The van der Waals surface area contributed by atoms with Gasteiger partial charge in [-0.05, 0) is 44.1 Å². The topological polar surface area (TPSA) is 71.0 Å². The quantitative estimate of drug-likeness (QED) is 0.893. The van der Waals surface area contributed by atoms with Gasteiger partial charge in [-0.25, -0.2) is 15.0 Å². The fourth-order valence-corrected chi connectivity index (χ4v) is 5.01. The minimum absolute atomic E-state index is 0.0446. The Morgan fingerprint density at radius 1 is 1.35 bits per heavy atom. The molecule has 26 heavy (non-hydrogen) atoms. The molecule has 1 amide bonds. The van der Waals surface area contributed by atoms with Crippen molar-refractivity contribution in [3.8, 4) is 0 Å². The average Bonchev–Trinajstić information content (AvgIpc) is 3.10. The molecule has 6 nitrogen and oxygen atoms in total. The highest BCUT2D eigenvalue weighted by molar-refractivity contribution is 7.15. The number of aryl methyl sites for hydroxylation is 1. The summed E-state index contributed by atoms with van der Waals surface area (Å²) in [6, 6.07) is 1.81. The highest BCUT2D eigenvalue weighted by Gasteiger charge is 2.28. The van der Waals surface area contributed by atoms with E-state index in [1.807, 2.05) is 6.07 Å². The van der Waals surface area contributed by atoms with Gasteiger partial charge in [0.15, 0.2) is 5.13 Å². The Kier molecular flexibility index (Phi) is 5.15. The van der Waals surface area contributed by atoms with E-state index < -0.39 is 0 Å². The Morgan fingerprint density at radius 2 is 2.19 bits per heavy atom. The summed E-state index contributed by atoms with van der Waals surface area (Å²) in [6.07, 6.45) is 9.96. The molecule has 1 saturated heterocycles. The van der Waals surface area contributed by atoms with E-state index in [0.29, 0.717) is 12.5 Å². The Balaban J connectivity index is 1.40. The molecule has 0 spiro atoms. The maximum absolute atomic E-state index is 12.8. The zero-order chi connectivity index (χ0) is 17.9. The van der Waals surface area contributed by atoms with Crippen LogP contribution in [0.5, 0.6) is 0 Å². The maximum atomic E-state index is 12.8. The van der Waals surface area contributed by atoms with Gasteiger partial charge in [-0.15, -0.1) is 11.3 Å². The number of hydrogen-bond donors (Lipinski definition) is 1. The molecule has 1 aliphatic heterocycles. The molecule has 2 aliphatic rings. The summed E-state index contributed by atoms with van der Waals surface area (Å²) >= 11 is 1.66. The van der Waals surface area contributed by atoms with Crippen LogP contribution in [0.2, 0.25) is 0 Å². The van der Waals surface area contributed by atoms with Crippen molar-refractivity contribution in [2.24, 2.45) is 11.8 Å². The fraction of sp³-hybridized carbons (Fsp3) is 0.579. The Morgan fingerprint density at radius 3 is 3.00 bits per heavy atom. The van der Waals surface area contributed by atoms with Gasteiger partial charge in [0.25, 0.3) is 0 Å². The van der Waals surface area contributed by atoms with Gasteiger partial charge in [0.05, 0.1) is 11.6 Å². The van der Waals surface area contributed by atoms with E-state index in [1.54, 1.807) is 23.7 Å². The normalized spacial score (nSPS) is 22.7. The number of piperidine rings is 1. The number of nitrogens with one attached hydrogen (secondary N) is 1. The minimum atomic E-state index is -0.0446. The third kappa shape index (κ3) is 3.72. The average molecular weight is 372 g/mol. The molecule has 1 aliphatic carbocycles. The Bertz CT molecular complexity index is 763. The Labute approximate surface area is 158 Å². The van der Waals surface area contributed by atoms with Crippen LogP contribution in [0.3, 0.4) is 0 Å². The number of aromatic nitrogens is 3. The lowest BCUT2D eigenvalue weighted by molar-refractivity contribution is -0.120. The SMILES string of the molecule is CCC1CCc2nc(NC(=O)C3CCCN(c4ncccn4)C3)sc2C1. The molecule has 7 heteroatoms. The molecular formula is C19H25N5OS. The van der Waals surface area contributed by atoms with E-state index in [1.165, 1.54) is 23.4 Å². The van der Waals surface area contributed by atoms with E-state index in [4.69, 9.17) is 0 Å². The second-order valence-electron chi connectivity index (χ2n) is 7.23. The number of rotatable bonds is 4. The standard InChI is InChI=1S/C19H25N5OS/c1-2-13-6-7-15-16(11-13)26-19(22-15)23-17(25)14-5-3-10-24(12-14)18-20-8-4-9-21-18/h4,8-9,13-14H,2-3,5-7,10-12H2,1H3,(H,22,23,25). The lowest BCUT2D eigenvalue weighted by Gasteiger charge is -2.31. The number of amides is 1. The molecule has 0 aromatic carbocycles. The highest BCUT2D eigenvalue weighted by atomic mass is 32.1. The zero-order valence-corrected chi connectivity index (χ0v) is 16.0. The molecule has 0 bridgehead atoms. The van der Waals surface area contributed by atoms with Gasteiger partial charge in [0.1, 0.15) is 0 Å². The van der Waals surface area contributed by atoms with Crippen LogP contribution in [0.15, 0.2) is 18.5 Å². The summed E-state index contributed by atoms with van der Waals surface area (Å²) in [4.78, 5) is 29.5. The van der Waals surface area contributed by atoms with Gasteiger partial charge in [0.2, 0.25) is 11.9 Å². The van der Waals surface area contributed by atoms with Crippen molar-refractivity contribution in [2.75, 3.05) is 23.3 Å². The second-order valence-corrected chi connectivity index (χ2v) is 8.31. The smallest absolute Gasteiger partial charge is 0.231 e. The van der Waals surface area contributed by atoms with Gasteiger partial charge >= 0.3 is 0 Å². The number of hydrogen-bond acceptors (Lipinski definition) is 6. The number of nitrogens with zero attached hydrogens (tertiary/aromatic N) is 4. The third-order valence-electron chi connectivity index (χ3n) is 5.48. The molecule has 1 fully saturated rings. The molecule has 138 valence electrons. The van der Waals surface area contributed by atoms with Crippen LogP contribution >= 0.6 is 11.3 Å². The zero-order valence-electron chi connectivity index (χ0n) is 15.1. The number of anilines is 2. The van der Waals surface area contributed by atoms with Crippen LogP contribution in [-0.4, -0.2) is 33.9 Å². The molecule has 2 aromatic heterocycles. The first kappa shape index (κ1) is 17.4. The predicted octanol–water partition coefficient (Wildman–Crippen LogP) is 3.30. The van der Waals surface area contributed by atoms with Crippen LogP contribution in [0.1, 0.15) is 43.2 Å². The van der Waals surface area contributed by atoms with Crippen molar-refractivity contribution in [3.63, 3.8) is 0 Å². The number of fused-ring (bicyclic) bond motifs is 1. The summed E-state index contributed by atoms with van der Waals surface area (Å²) < 4.78 is 0. The molecule has 1 N–H and O–H groups in total. The number of carbonyl (C=O) groups is 1. The minimum Gasteiger partial charge on any atom is -0.340 e. The van der Waals surface area contributed by atoms with E-state index in [-0.39, 0.29) is 11.8 Å². The van der Waals surface area contributed by atoms with Crippen molar-refractivity contribution in [1.82, 2.24) is 15.0 Å². The largest absolute Gasteiger partial charge is 0.340 e. The molecule has 2 unspecified atom stereocenters. The summed E-state index contributed by atoms with van der Waals surface area (Å²) in [7, 11) is 0. The molecule has 3 heterocycles. The first-order valence-corrected chi connectivity index (χ1v) is 10.4. The molecule has 0 radical (unpaired) electrons. The number of thiazole rings is 1. The van der Waals surface area contributed by atoms with Crippen molar-refractivity contribution in [1.29, 1.82) is 0 Å². The van der Waals surface area contributed by atoms with Gasteiger partial charge in [-0.2, -0.15) is 0 Å². The monoisotopic (exact) mass is 371 g/mol. The second kappa shape index (κ2) is 7.70. The van der Waals surface area contributed by atoms with E-state index in [2.05, 4.69) is 32.1 Å². The van der Waals surface area contributed by atoms with E-state index >= 15 is 0 Å². The summed E-state index contributed by atoms with van der Waals surface area (Å²) in [6.45, 7) is 3.82. The third-order valence-corrected chi connectivity index (χ3v) is 6.51. The van der Waals surface area contributed by atoms with E-state index in [9.17, 15) is 4.79 Å². The molecule has 0 saturated carbocycles. The van der Waals surface area contributed by atoms with Crippen molar-refractivity contribution in [2.45, 2.75) is 45.4 Å². The van der Waals surface area contributed by atoms with Crippen LogP contribution in [0, 0.1) is 11.8 Å². The van der Waals surface area contributed by atoms with Gasteiger partial charge in [-0.3, -0.25) is 4.79 Å². The molecular weight excluding hydrogens is 346 g/mol. The first-order chi connectivity index (χ1) is 12.7. The predicted molar refractivity (Wildman–Crippen MR) is 104 cm³/mol. The molecule has 2 atom stereocenters. The maximum Gasteiger partial charge on any atom is 0.231 e. The molecule has 2 aromatic rings. The highest BCUT2D eigenvalue weighted by Crippen LogP contribution is 2.34. The summed E-state index contributed by atoms with van der Waals surface area (Å²) in [5.41, 5.74) is 1.19. The fourth-order valence-electron chi connectivity index (χ4n) is 3.88. The van der Waals surface area contributed by atoms with Gasteiger partial charge < -0.3 is 10.2 Å². The summed E-state index contributed by atoms with van der Waals surface area (Å²) in [5.74, 6) is 1.50. The molecule has 4 rings (SSSR count). The van der Waals surface area contributed by atoms with Crippen LogP contribution in [0.4, 0.5) is 11.1 Å². The van der Waals surface area contributed by atoms with Crippen molar-refractivity contribution < 1.29 is 4.79 Å². The number of carbonyl (C=O) groups excluding carboxylic acids is 1. The van der Waals surface area contributed by atoms with Gasteiger partial charge in [-0.1, -0.05) is 13.3 Å². The van der Waals surface area contributed by atoms with Crippen LogP contribution in [0.25, 0.3) is 0 Å². The van der Waals surface area contributed by atoms with Crippen LogP contribution in [-0.2, 0) is 17.6 Å². The summed E-state index contributed by atoms with van der Waals surface area (Å²) in [5, 5.41) is 3.84. The van der Waals surface area contributed by atoms with Crippen molar-refractivity contribution in [3.05, 3.63) is 29.0 Å².